The third-order valence-corrected chi connectivity index (χ3v) is 5.34. The Morgan fingerprint density at radius 3 is 2.54 bits per heavy atom. The van der Waals surface area contributed by atoms with Crippen LogP contribution in [-0.2, 0) is 0 Å². The topological polar surface area (TPSA) is 101 Å². The number of thioether (sulfide) groups is 1. The fraction of sp³-hybridized carbons (Fsp3) is 0.500. The monoisotopic (exact) mass is 348 g/mol. The van der Waals surface area contributed by atoms with Crippen LogP contribution in [0.2, 0.25) is 0 Å². The van der Waals surface area contributed by atoms with Crippen molar-refractivity contribution in [2.75, 3.05) is 0 Å². The number of nitrogens with zero attached hydrogens (tertiary/aromatic N) is 2. The van der Waals surface area contributed by atoms with Crippen LogP contribution in [-0.4, -0.2) is 36.6 Å². The Bertz CT molecular complexity index is 873. The molecule has 1 aliphatic rings. The maximum absolute atomic E-state index is 12.8. The Labute approximate surface area is 143 Å². The number of nitrogens with one attached hydrogen (secondary N) is 2. The van der Waals surface area contributed by atoms with Gasteiger partial charge in [0, 0.05) is 17.3 Å². The predicted molar refractivity (Wildman–Crippen MR) is 91.0 cm³/mol. The van der Waals surface area contributed by atoms with Gasteiger partial charge >= 0.3 is 5.69 Å². The van der Waals surface area contributed by atoms with Gasteiger partial charge in [0.05, 0.1) is 10.9 Å². The lowest BCUT2D eigenvalue weighted by Gasteiger charge is -2.10. The Balaban J connectivity index is 1.85. The van der Waals surface area contributed by atoms with E-state index in [9.17, 15) is 14.4 Å². The van der Waals surface area contributed by atoms with Crippen molar-refractivity contribution >= 4 is 23.3 Å². The first-order valence-corrected chi connectivity index (χ1v) is 8.77. The van der Waals surface area contributed by atoms with Crippen molar-refractivity contribution in [3.8, 4) is 0 Å². The number of hydrogen-bond donors (Lipinski definition) is 2. The van der Waals surface area contributed by atoms with Gasteiger partial charge in [0.25, 0.3) is 0 Å². The van der Waals surface area contributed by atoms with Gasteiger partial charge in [-0.1, -0.05) is 11.8 Å². The highest BCUT2D eigenvalue weighted by atomic mass is 32.2. The minimum atomic E-state index is -0.422. The SMILES string of the molecule is CC(=O)c1c(C)[nH]c(C(=O)[C@H](C)Sc2n[nH]c(=O)n2C2CC2)c1C. The van der Waals surface area contributed by atoms with E-state index in [2.05, 4.69) is 15.2 Å². The van der Waals surface area contributed by atoms with Crippen LogP contribution in [0.25, 0.3) is 0 Å². The first-order valence-electron chi connectivity index (χ1n) is 7.89. The predicted octanol–water partition coefficient (Wildman–Crippen LogP) is 2.42. The molecule has 7 nitrogen and oxygen atoms in total. The van der Waals surface area contributed by atoms with E-state index in [-0.39, 0.29) is 23.3 Å². The summed E-state index contributed by atoms with van der Waals surface area (Å²) in [4.78, 5) is 39.4. The molecule has 0 amide bonds. The summed E-state index contributed by atoms with van der Waals surface area (Å²) < 4.78 is 1.63. The molecule has 1 saturated carbocycles. The molecular formula is C16H20N4O3S. The number of rotatable bonds is 6. The number of Topliss-reactive ketones (excluding diaryl/α,β-unsaturated/α-hetero) is 2. The normalized spacial score (nSPS) is 15.5. The van der Waals surface area contributed by atoms with Gasteiger partial charge in [0.2, 0.25) is 0 Å². The number of carbonyl (C=O) groups excluding carboxylic acids is 2. The number of aryl methyl sites for hydroxylation is 1. The molecule has 3 rings (SSSR count). The molecule has 2 aromatic rings. The van der Waals surface area contributed by atoms with Gasteiger partial charge in [-0.2, -0.15) is 0 Å². The molecule has 2 N–H and O–H groups in total. The first kappa shape index (κ1) is 16.8. The summed E-state index contributed by atoms with van der Waals surface area (Å²) >= 11 is 1.26. The van der Waals surface area contributed by atoms with Crippen LogP contribution in [0.1, 0.15) is 64.8 Å². The highest BCUT2D eigenvalue weighted by Crippen LogP contribution is 2.37. The molecule has 0 radical (unpaired) electrons. The van der Waals surface area contributed by atoms with Gasteiger partial charge in [-0.3, -0.25) is 14.2 Å². The molecule has 24 heavy (non-hydrogen) atoms. The average Bonchev–Trinajstić information content (AvgIpc) is 3.21. The highest BCUT2D eigenvalue weighted by molar-refractivity contribution is 8.00. The van der Waals surface area contributed by atoms with E-state index in [1.165, 1.54) is 18.7 Å². The molecular weight excluding hydrogens is 328 g/mol. The molecule has 2 heterocycles. The summed E-state index contributed by atoms with van der Waals surface area (Å²) in [5.41, 5.74) is 2.18. The number of aromatic amines is 2. The van der Waals surface area contributed by atoms with Gasteiger partial charge in [0.15, 0.2) is 16.7 Å². The summed E-state index contributed by atoms with van der Waals surface area (Å²) in [6, 6.07) is 0.194. The van der Waals surface area contributed by atoms with Crippen LogP contribution >= 0.6 is 11.8 Å². The van der Waals surface area contributed by atoms with Crippen molar-refractivity contribution in [1.29, 1.82) is 0 Å². The summed E-state index contributed by atoms with van der Waals surface area (Å²) in [6.07, 6.45) is 1.93. The molecule has 1 fully saturated rings. The van der Waals surface area contributed by atoms with Gasteiger partial charge < -0.3 is 4.98 Å². The molecule has 8 heteroatoms. The fourth-order valence-corrected chi connectivity index (χ4v) is 3.95. The fourth-order valence-electron chi connectivity index (χ4n) is 2.97. The molecule has 1 aliphatic carbocycles. The quantitative estimate of drug-likeness (QED) is 0.617. The standard InChI is InChI=1S/C16H20N4O3S/c1-7-12(9(3)21)8(2)17-13(7)14(22)10(4)24-16-19-18-15(23)20(16)11-5-6-11/h10-11,17H,5-6H2,1-4H3,(H,18,23)/t10-/m0/s1. The third-order valence-electron chi connectivity index (χ3n) is 4.27. The minimum Gasteiger partial charge on any atom is -0.355 e. The molecule has 0 saturated heterocycles. The molecule has 0 aromatic carbocycles. The summed E-state index contributed by atoms with van der Waals surface area (Å²) in [5.74, 6) is -0.165. The van der Waals surface area contributed by atoms with Crippen LogP contribution in [0.5, 0.6) is 0 Å². The van der Waals surface area contributed by atoms with Crippen molar-refractivity contribution in [3.63, 3.8) is 0 Å². The minimum absolute atomic E-state index is 0.0597. The van der Waals surface area contributed by atoms with E-state index in [0.29, 0.717) is 27.7 Å². The van der Waals surface area contributed by atoms with Crippen molar-refractivity contribution in [2.24, 2.45) is 0 Å². The first-order chi connectivity index (χ1) is 11.3. The second kappa shape index (κ2) is 6.08. The van der Waals surface area contributed by atoms with E-state index < -0.39 is 5.25 Å². The lowest BCUT2D eigenvalue weighted by atomic mass is 10.0. The summed E-state index contributed by atoms with van der Waals surface area (Å²) in [5, 5.41) is 6.61. The number of H-pyrrole nitrogens is 2. The van der Waals surface area contributed by atoms with E-state index in [4.69, 9.17) is 0 Å². The number of carbonyl (C=O) groups is 2. The van der Waals surface area contributed by atoms with E-state index in [1.807, 2.05) is 0 Å². The van der Waals surface area contributed by atoms with Gasteiger partial charge in [-0.05, 0) is 46.1 Å². The molecule has 0 spiro atoms. The lowest BCUT2D eigenvalue weighted by Crippen LogP contribution is -2.19. The number of ketones is 2. The van der Waals surface area contributed by atoms with Crippen molar-refractivity contribution in [3.05, 3.63) is 33.0 Å². The van der Waals surface area contributed by atoms with Crippen molar-refractivity contribution in [1.82, 2.24) is 19.7 Å². The van der Waals surface area contributed by atoms with Crippen LogP contribution in [0, 0.1) is 13.8 Å². The smallest absolute Gasteiger partial charge is 0.344 e. The van der Waals surface area contributed by atoms with E-state index in [1.54, 1.807) is 25.3 Å². The Kier molecular flexibility index (Phi) is 4.25. The van der Waals surface area contributed by atoms with Gasteiger partial charge in [-0.25, -0.2) is 9.89 Å². The van der Waals surface area contributed by atoms with Crippen LogP contribution < -0.4 is 5.69 Å². The van der Waals surface area contributed by atoms with Gasteiger partial charge in [-0.15, -0.1) is 5.10 Å². The van der Waals surface area contributed by atoms with Crippen LogP contribution in [0.3, 0.4) is 0 Å². The molecule has 0 bridgehead atoms. The van der Waals surface area contributed by atoms with Crippen LogP contribution in [0.4, 0.5) is 0 Å². The average molecular weight is 348 g/mol. The van der Waals surface area contributed by atoms with Crippen molar-refractivity contribution in [2.45, 2.75) is 57.0 Å². The largest absolute Gasteiger partial charge is 0.355 e. The van der Waals surface area contributed by atoms with E-state index in [0.717, 1.165) is 12.8 Å². The van der Waals surface area contributed by atoms with Gasteiger partial charge in [0.1, 0.15) is 0 Å². The second-order valence-corrected chi connectivity index (χ2v) is 7.53. The van der Waals surface area contributed by atoms with Crippen molar-refractivity contribution < 1.29 is 9.59 Å². The number of aromatic nitrogens is 4. The maximum Gasteiger partial charge on any atom is 0.344 e. The zero-order valence-corrected chi connectivity index (χ0v) is 14.9. The van der Waals surface area contributed by atoms with E-state index >= 15 is 0 Å². The lowest BCUT2D eigenvalue weighted by molar-refractivity contribution is 0.0988. The Hall–Kier alpha value is -2.09. The summed E-state index contributed by atoms with van der Waals surface area (Å²) in [7, 11) is 0. The zero-order valence-electron chi connectivity index (χ0n) is 14.1. The Morgan fingerprint density at radius 2 is 2.00 bits per heavy atom. The zero-order chi connectivity index (χ0) is 17.6. The Morgan fingerprint density at radius 1 is 1.33 bits per heavy atom. The second-order valence-electron chi connectivity index (χ2n) is 6.22. The third kappa shape index (κ3) is 2.86. The number of hydrogen-bond acceptors (Lipinski definition) is 5. The summed E-state index contributed by atoms with van der Waals surface area (Å²) in [6.45, 7) is 6.84. The molecule has 128 valence electrons. The molecule has 0 aliphatic heterocycles. The van der Waals surface area contributed by atoms with Crippen LogP contribution in [0.15, 0.2) is 9.95 Å². The molecule has 1 atom stereocenters. The molecule has 2 aromatic heterocycles. The highest BCUT2D eigenvalue weighted by Gasteiger charge is 2.31. The molecule has 0 unspecified atom stereocenters. The maximum atomic E-state index is 12.8.